The van der Waals surface area contributed by atoms with Crippen molar-refractivity contribution in [3.8, 4) is 0 Å². The van der Waals surface area contributed by atoms with E-state index < -0.39 is 0 Å². The van der Waals surface area contributed by atoms with Crippen LogP contribution in [0.5, 0.6) is 0 Å². The highest BCUT2D eigenvalue weighted by molar-refractivity contribution is 7.08. The van der Waals surface area contributed by atoms with Crippen molar-refractivity contribution in [1.29, 1.82) is 0 Å². The number of ether oxygens (including phenoxy) is 1. The quantitative estimate of drug-likeness (QED) is 0.589. The molecule has 38 heavy (non-hydrogen) atoms. The van der Waals surface area contributed by atoms with Crippen LogP contribution < -0.4 is 15.5 Å². The molecule has 4 heterocycles. The monoisotopic (exact) mass is 542 g/mol. The van der Waals surface area contributed by atoms with Crippen LogP contribution in [-0.4, -0.2) is 121 Å². The molecular weight excluding hydrogens is 508 g/mol. The molecule has 0 bridgehead atoms. The molecule has 4 amide bonds. The van der Waals surface area contributed by atoms with E-state index in [0.717, 1.165) is 36.7 Å². The van der Waals surface area contributed by atoms with Gasteiger partial charge in [0.15, 0.2) is 0 Å². The molecule has 13 heteroatoms. The number of hydrogen-bond donors (Lipinski definition) is 2. The van der Waals surface area contributed by atoms with Crippen LogP contribution >= 0.6 is 11.5 Å². The fraction of sp³-hybridized carbons (Fsp3) is 0.560. The first-order chi connectivity index (χ1) is 18.5. The Balaban J connectivity index is 1.34. The number of aryl methyl sites for hydroxylation is 1. The number of nitrogens with one attached hydrogen (secondary N) is 2. The fourth-order valence-electron chi connectivity index (χ4n) is 4.99. The number of aromatic nitrogens is 2. The molecule has 5 rings (SSSR count). The van der Waals surface area contributed by atoms with Gasteiger partial charge in [-0.3, -0.25) is 9.59 Å². The van der Waals surface area contributed by atoms with Gasteiger partial charge in [0, 0.05) is 64.5 Å². The molecule has 2 N–H and O–H groups in total. The summed E-state index contributed by atoms with van der Waals surface area (Å²) in [5.41, 5.74) is 2.48. The smallest absolute Gasteiger partial charge is 0.320 e. The number of morpholine rings is 1. The van der Waals surface area contributed by atoms with E-state index >= 15 is 0 Å². The third-order valence-electron chi connectivity index (χ3n) is 7.15. The lowest BCUT2D eigenvalue weighted by molar-refractivity contribution is 0.0428. The lowest BCUT2D eigenvalue weighted by Gasteiger charge is -2.39. The molecule has 2 aromatic rings. The molecule has 12 nitrogen and oxygen atoms in total. The molecule has 0 radical (unpaired) electrons. The summed E-state index contributed by atoms with van der Waals surface area (Å²) >= 11 is 1.04. The average molecular weight is 543 g/mol. The van der Waals surface area contributed by atoms with E-state index in [1.807, 2.05) is 26.8 Å². The highest BCUT2D eigenvalue weighted by Gasteiger charge is 2.28. The van der Waals surface area contributed by atoms with E-state index in [-0.39, 0.29) is 17.8 Å². The summed E-state index contributed by atoms with van der Waals surface area (Å²) in [5.74, 6) is -0.351. The number of nitrogens with zero attached hydrogens (tertiary/aromatic N) is 6. The zero-order chi connectivity index (χ0) is 26.5. The lowest BCUT2D eigenvalue weighted by atomic mass is 10.1. The molecule has 0 spiro atoms. The summed E-state index contributed by atoms with van der Waals surface area (Å²) in [7, 11) is 0. The predicted molar refractivity (Wildman–Crippen MR) is 144 cm³/mol. The summed E-state index contributed by atoms with van der Waals surface area (Å²) in [6, 6.07) is 5.54. The first kappa shape index (κ1) is 26.3. The third kappa shape index (κ3) is 5.89. The average Bonchev–Trinajstić information content (AvgIpc) is 3.21. The minimum Gasteiger partial charge on any atom is -0.378 e. The van der Waals surface area contributed by atoms with Crippen molar-refractivity contribution in [2.24, 2.45) is 0 Å². The van der Waals surface area contributed by atoms with Crippen LogP contribution in [0, 0.1) is 6.92 Å². The fourth-order valence-corrected chi connectivity index (χ4v) is 5.54. The van der Waals surface area contributed by atoms with E-state index in [9.17, 15) is 14.4 Å². The van der Waals surface area contributed by atoms with Gasteiger partial charge in [-0.1, -0.05) is 4.49 Å². The second-order valence-electron chi connectivity index (χ2n) is 9.63. The Morgan fingerprint density at radius 2 is 1.71 bits per heavy atom. The minimum atomic E-state index is -0.302. The molecule has 3 fully saturated rings. The van der Waals surface area contributed by atoms with Gasteiger partial charge in [-0.05, 0) is 49.6 Å². The summed E-state index contributed by atoms with van der Waals surface area (Å²) in [6.45, 7) is 9.50. The van der Waals surface area contributed by atoms with Gasteiger partial charge in [0.2, 0.25) is 0 Å². The summed E-state index contributed by atoms with van der Waals surface area (Å²) < 4.78 is 9.25. The lowest BCUT2D eigenvalue weighted by Crippen LogP contribution is -2.54. The van der Waals surface area contributed by atoms with Crippen molar-refractivity contribution in [3.63, 3.8) is 0 Å². The van der Waals surface area contributed by atoms with Crippen LogP contribution in [0.2, 0.25) is 0 Å². The SMILES string of the molecule is Cc1nnsc1C(=O)Nc1cc(C(=O)N2CCCNCC2)ccc1N1CCN(C(=O)N2CCOCC2)CC1. The van der Waals surface area contributed by atoms with Gasteiger partial charge < -0.3 is 35.0 Å². The second-order valence-corrected chi connectivity index (χ2v) is 10.4. The number of urea groups is 1. The van der Waals surface area contributed by atoms with Gasteiger partial charge in [0.1, 0.15) is 4.88 Å². The number of benzene rings is 1. The summed E-state index contributed by atoms with van der Waals surface area (Å²) in [5, 5.41) is 10.3. The zero-order valence-corrected chi connectivity index (χ0v) is 22.5. The van der Waals surface area contributed by atoms with Crippen molar-refractivity contribution >= 4 is 40.8 Å². The number of anilines is 2. The Hall–Kier alpha value is -3.29. The molecule has 0 saturated carbocycles. The Bertz CT molecular complexity index is 1150. The van der Waals surface area contributed by atoms with Crippen molar-refractivity contribution in [2.45, 2.75) is 13.3 Å². The molecule has 204 valence electrons. The molecule has 3 aliphatic heterocycles. The third-order valence-corrected chi connectivity index (χ3v) is 7.98. The first-order valence-corrected chi connectivity index (χ1v) is 13.9. The number of rotatable bonds is 4. The van der Waals surface area contributed by atoms with Crippen LogP contribution in [0.25, 0.3) is 0 Å². The van der Waals surface area contributed by atoms with Crippen LogP contribution in [0.4, 0.5) is 16.2 Å². The molecule has 0 unspecified atom stereocenters. The van der Waals surface area contributed by atoms with Gasteiger partial charge >= 0.3 is 6.03 Å². The van der Waals surface area contributed by atoms with Crippen molar-refractivity contribution in [2.75, 3.05) is 88.9 Å². The first-order valence-electron chi connectivity index (χ1n) is 13.1. The van der Waals surface area contributed by atoms with Gasteiger partial charge in [-0.25, -0.2) is 4.79 Å². The Morgan fingerprint density at radius 3 is 2.45 bits per heavy atom. The number of amides is 4. The highest BCUT2D eigenvalue weighted by Crippen LogP contribution is 2.30. The molecule has 1 aromatic heterocycles. The highest BCUT2D eigenvalue weighted by atomic mass is 32.1. The zero-order valence-electron chi connectivity index (χ0n) is 21.6. The van der Waals surface area contributed by atoms with Gasteiger partial charge in [0.25, 0.3) is 11.8 Å². The van der Waals surface area contributed by atoms with Crippen LogP contribution in [0.1, 0.15) is 32.1 Å². The van der Waals surface area contributed by atoms with Gasteiger partial charge in [-0.15, -0.1) is 5.10 Å². The Morgan fingerprint density at radius 1 is 0.947 bits per heavy atom. The van der Waals surface area contributed by atoms with Crippen molar-refractivity contribution < 1.29 is 19.1 Å². The minimum absolute atomic E-state index is 0.0440. The number of hydrogen-bond acceptors (Lipinski definition) is 9. The van der Waals surface area contributed by atoms with E-state index in [2.05, 4.69) is 25.1 Å². The molecule has 0 atom stereocenters. The Kier molecular flexibility index (Phi) is 8.35. The van der Waals surface area contributed by atoms with Crippen molar-refractivity contribution in [1.82, 2.24) is 29.6 Å². The van der Waals surface area contributed by atoms with Crippen LogP contribution in [-0.2, 0) is 4.74 Å². The number of carbonyl (C=O) groups is 3. The maximum Gasteiger partial charge on any atom is 0.320 e. The second kappa shape index (κ2) is 12.0. The number of piperazine rings is 1. The molecule has 3 saturated heterocycles. The van der Waals surface area contributed by atoms with Crippen LogP contribution in [0.3, 0.4) is 0 Å². The summed E-state index contributed by atoms with van der Waals surface area (Å²) in [6.07, 6.45) is 0.901. The van der Waals surface area contributed by atoms with E-state index in [1.54, 1.807) is 13.0 Å². The maximum atomic E-state index is 13.3. The molecular formula is C25H34N8O4S. The van der Waals surface area contributed by atoms with E-state index in [1.165, 1.54) is 0 Å². The Labute approximate surface area is 226 Å². The van der Waals surface area contributed by atoms with E-state index in [4.69, 9.17) is 4.74 Å². The largest absolute Gasteiger partial charge is 0.378 e. The normalized spacial score (nSPS) is 18.8. The standard InChI is InChI=1S/C25H34N8O4S/c1-18-22(38-29-28-18)23(34)27-20-17-19(24(35)31-7-2-5-26-6-8-31)3-4-21(20)30-9-11-32(12-10-30)25(36)33-13-15-37-16-14-33/h3-4,17,26H,2,5-16H2,1H3,(H,27,34). The number of carbonyl (C=O) groups excluding carboxylic acids is 3. The summed E-state index contributed by atoms with van der Waals surface area (Å²) in [4.78, 5) is 47.5. The molecule has 1 aromatic carbocycles. The molecule has 0 aliphatic carbocycles. The van der Waals surface area contributed by atoms with Gasteiger partial charge in [0.05, 0.1) is 30.3 Å². The molecule has 3 aliphatic rings. The van der Waals surface area contributed by atoms with Crippen LogP contribution in [0.15, 0.2) is 18.2 Å². The predicted octanol–water partition coefficient (Wildman–Crippen LogP) is 1.11. The topological polar surface area (TPSA) is 123 Å². The van der Waals surface area contributed by atoms with E-state index in [0.29, 0.717) is 87.4 Å². The van der Waals surface area contributed by atoms with Crippen molar-refractivity contribution in [3.05, 3.63) is 34.3 Å². The maximum absolute atomic E-state index is 13.3. The van der Waals surface area contributed by atoms with Gasteiger partial charge in [-0.2, -0.15) is 0 Å².